The number of amides is 1. The monoisotopic (exact) mass is 389 g/mol. The molecule has 8 heteroatoms. The Kier molecular flexibility index (Phi) is 4.38. The van der Waals surface area contributed by atoms with Crippen molar-refractivity contribution in [3.63, 3.8) is 0 Å². The quantitative estimate of drug-likeness (QED) is 0.749. The number of aliphatic hydroxyl groups is 1. The number of fused-ring (bicyclic) bond motifs is 1. The van der Waals surface area contributed by atoms with Gasteiger partial charge < -0.3 is 10.0 Å². The van der Waals surface area contributed by atoms with Crippen molar-refractivity contribution in [2.45, 2.75) is 24.6 Å². The van der Waals surface area contributed by atoms with Crippen LogP contribution in [0.2, 0.25) is 0 Å². The zero-order valence-electron chi connectivity index (χ0n) is 14.9. The van der Waals surface area contributed by atoms with Gasteiger partial charge in [-0.2, -0.15) is 18.3 Å². The van der Waals surface area contributed by atoms with Gasteiger partial charge in [0.05, 0.1) is 30.2 Å². The van der Waals surface area contributed by atoms with Gasteiger partial charge >= 0.3 is 6.18 Å². The molecule has 1 saturated heterocycles. The van der Waals surface area contributed by atoms with Gasteiger partial charge in [0.1, 0.15) is 5.60 Å². The number of benzene rings is 1. The Labute approximate surface area is 159 Å². The first-order chi connectivity index (χ1) is 13.3. The Balaban J connectivity index is 1.47. The number of β-amino-alcohol motifs (C(OH)–C–C–N with tert-alkyl or cyclic N) is 1. The van der Waals surface area contributed by atoms with E-state index in [2.05, 4.69) is 5.10 Å². The SMILES string of the molecule is O=C(Cc1cnn2ccccc12)N1CCC(O)(c2ccc(C(F)(F)F)cc2)C1. The number of halogens is 3. The molecule has 1 aromatic carbocycles. The summed E-state index contributed by atoms with van der Waals surface area (Å²) in [6, 6.07) is 10.1. The number of aromatic nitrogens is 2. The zero-order chi connectivity index (χ0) is 19.9. The minimum atomic E-state index is -4.42. The molecule has 0 radical (unpaired) electrons. The highest BCUT2D eigenvalue weighted by molar-refractivity contribution is 5.81. The third kappa shape index (κ3) is 3.35. The number of nitrogens with zero attached hydrogens (tertiary/aromatic N) is 3. The van der Waals surface area contributed by atoms with Crippen LogP contribution in [0.25, 0.3) is 5.52 Å². The van der Waals surface area contributed by atoms with Crippen LogP contribution in [0.3, 0.4) is 0 Å². The first-order valence-corrected chi connectivity index (χ1v) is 8.85. The number of likely N-dealkylation sites (tertiary alicyclic amines) is 1. The predicted molar refractivity (Wildman–Crippen MR) is 95.4 cm³/mol. The number of hydrogen-bond acceptors (Lipinski definition) is 3. The summed E-state index contributed by atoms with van der Waals surface area (Å²) < 4.78 is 39.9. The minimum Gasteiger partial charge on any atom is -0.383 e. The van der Waals surface area contributed by atoms with Crippen molar-refractivity contribution in [1.29, 1.82) is 0 Å². The van der Waals surface area contributed by atoms with Gasteiger partial charge in [-0.15, -0.1) is 0 Å². The molecular formula is C20H18F3N3O2. The van der Waals surface area contributed by atoms with Gasteiger partial charge in [-0.05, 0) is 36.2 Å². The van der Waals surface area contributed by atoms with Crippen molar-refractivity contribution in [2.75, 3.05) is 13.1 Å². The van der Waals surface area contributed by atoms with E-state index in [0.29, 0.717) is 12.1 Å². The van der Waals surface area contributed by atoms with Gasteiger partial charge in [0, 0.05) is 18.3 Å². The van der Waals surface area contributed by atoms with E-state index in [1.807, 2.05) is 18.2 Å². The number of carbonyl (C=O) groups is 1. The van der Waals surface area contributed by atoms with E-state index in [-0.39, 0.29) is 25.3 Å². The molecule has 0 bridgehead atoms. The molecule has 4 rings (SSSR count). The van der Waals surface area contributed by atoms with E-state index in [1.165, 1.54) is 12.1 Å². The first kappa shape index (κ1) is 18.5. The van der Waals surface area contributed by atoms with Crippen molar-refractivity contribution in [1.82, 2.24) is 14.5 Å². The van der Waals surface area contributed by atoms with Gasteiger partial charge in [0.15, 0.2) is 0 Å². The summed E-state index contributed by atoms with van der Waals surface area (Å²) in [6.45, 7) is 0.395. The fourth-order valence-corrected chi connectivity index (χ4v) is 3.61. The number of hydrogen-bond donors (Lipinski definition) is 1. The zero-order valence-corrected chi connectivity index (χ0v) is 14.9. The average Bonchev–Trinajstić information content (AvgIpc) is 3.26. The fourth-order valence-electron chi connectivity index (χ4n) is 3.61. The summed E-state index contributed by atoms with van der Waals surface area (Å²) in [5.41, 5.74) is -0.102. The third-order valence-corrected chi connectivity index (χ3v) is 5.20. The second-order valence-electron chi connectivity index (χ2n) is 7.05. The molecule has 1 aliphatic heterocycles. The van der Waals surface area contributed by atoms with Crippen LogP contribution >= 0.6 is 0 Å². The molecule has 0 spiro atoms. The molecule has 1 fully saturated rings. The standard InChI is InChI=1S/C20H18F3N3O2/c21-20(22,23)16-6-4-15(5-7-16)19(28)8-10-25(13-19)18(27)11-14-12-24-26-9-2-1-3-17(14)26/h1-7,9,12,28H,8,10-11,13H2. The van der Waals surface area contributed by atoms with Crippen LogP contribution in [0.4, 0.5) is 13.2 Å². The van der Waals surface area contributed by atoms with E-state index < -0.39 is 17.3 Å². The lowest BCUT2D eigenvalue weighted by atomic mass is 9.92. The number of rotatable bonds is 3. The molecule has 1 amide bonds. The van der Waals surface area contributed by atoms with Crippen molar-refractivity contribution in [3.05, 3.63) is 71.5 Å². The van der Waals surface area contributed by atoms with Crippen LogP contribution in [0, 0.1) is 0 Å². The molecule has 3 heterocycles. The fraction of sp³-hybridized carbons (Fsp3) is 0.300. The van der Waals surface area contributed by atoms with Gasteiger partial charge in [0.25, 0.3) is 0 Å². The van der Waals surface area contributed by atoms with E-state index >= 15 is 0 Å². The largest absolute Gasteiger partial charge is 0.416 e. The molecule has 0 aliphatic carbocycles. The first-order valence-electron chi connectivity index (χ1n) is 8.85. The van der Waals surface area contributed by atoms with Gasteiger partial charge in [-0.3, -0.25) is 4.79 Å². The van der Waals surface area contributed by atoms with E-state index in [4.69, 9.17) is 0 Å². The molecule has 146 valence electrons. The van der Waals surface area contributed by atoms with Crippen molar-refractivity contribution >= 4 is 11.4 Å². The highest BCUT2D eigenvalue weighted by Gasteiger charge is 2.40. The molecule has 1 unspecified atom stereocenters. The van der Waals surface area contributed by atoms with Gasteiger partial charge in [0.2, 0.25) is 5.91 Å². The van der Waals surface area contributed by atoms with Crippen molar-refractivity contribution < 1.29 is 23.1 Å². The molecule has 0 saturated carbocycles. The van der Waals surface area contributed by atoms with E-state index in [0.717, 1.165) is 23.2 Å². The normalized spacial score (nSPS) is 20.1. The highest BCUT2D eigenvalue weighted by Crippen LogP contribution is 2.35. The Morgan fingerprint density at radius 2 is 1.93 bits per heavy atom. The maximum Gasteiger partial charge on any atom is 0.416 e. The molecule has 3 aromatic rings. The van der Waals surface area contributed by atoms with Crippen LogP contribution in [-0.4, -0.2) is 38.6 Å². The molecule has 2 aromatic heterocycles. The van der Waals surface area contributed by atoms with Crippen molar-refractivity contribution in [3.8, 4) is 0 Å². The lowest BCUT2D eigenvalue weighted by molar-refractivity contribution is -0.137. The molecule has 28 heavy (non-hydrogen) atoms. The number of carbonyl (C=O) groups excluding carboxylic acids is 1. The molecule has 1 aliphatic rings. The van der Waals surface area contributed by atoms with Gasteiger partial charge in [-0.25, -0.2) is 4.52 Å². The topological polar surface area (TPSA) is 57.8 Å². The average molecular weight is 389 g/mol. The van der Waals surface area contributed by atoms with Crippen LogP contribution in [0.1, 0.15) is 23.1 Å². The highest BCUT2D eigenvalue weighted by atomic mass is 19.4. The summed E-state index contributed by atoms with van der Waals surface area (Å²) in [7, 11) is 0. The Morgan fingerprint density at radius 3 is 2.64 bits per heavy atom. The van der Waals surface area contributed by atoms with Crippen molar-refractivity contribution in [2.24, 2.45) is 0 Å². The lowest BCUT2D eigenvalue weighted by Crippen LogP contribution is -2.35. The molecular weight excluding hydrogens is 371 g/mol. The predicted octanol–water partition coefficient (Wildman–Crippen LogP) is 3.02. The maximum atomic E-state index is 12.7. The summed E-state index contributed by atoms with van der Waals surface area (Å²) in [4.78, 5) is 14.2. The van der Waals surface area contributed by atoms with E-state index in [9.17, 15) is 23.1 Å². The Morgan fingerprint density at radius 1 is 1.18 bits per heavy atom. The number of alkyl halides is 3. The Hall–Kier alpha value is -2.87. The van der Waals surface area contributed by atoms with Crippen LogP contribution in [-0.2, 0) is 23.0 Å². The summed E-state index contributed by atoms with van der Waals surface area (Å²) in [5, 5.41) is 15.1. The third-order valence-electron chi connectivity index (χ3n) is 5.20. The molecule has 1 N–H and O–H groups in total. The van der Waals surface area contributed by atoms with Crippen LogP contribution in [0.15, 0.2) is 54.9 Å². The maximum absolute atomic E-state index is 12.7. The summed E-state index contributed by atoms with van der Waals surface area (Å²) >= 11 is 0. The number of pyridine rings is 1. The Bertz CT molecular complexity index is 1010. The summed E-state index contributed by atoms with van der Waals surface area (Å²) in [6.07, 6.45) is -0.559. The van der Waals surface area contributed by atoms with Crippen LogP contribution in [0.5, 0.6) is 0 Å². The smallest absolute Gasteiger partial charge is 0.383 e. The summed E-state index contributed by atoms with van der Waals surface area (Å²) in [5.74, 6) is -0.151. The van der Waals surface area contributed by atoms with Crippen LogP contribution < -0.4 is 0 Å². The lowest BCUT2D eigenvalue weighted by Gasteiger charge is -2.24. The van der Waals surface area contributed by atoms with Gasteiger partial charge in [-0.1, -0.05) is 18.2 Å². The molecule has 1 atom stereocenters. The van der Waals surface area contributed by atoms with E-state index in [1.54, 1.807) is 21.8 Å². The minimum absolute atomic E-state index is 0.0520. The molecule has 5 nitrogen and oxygen atoms in total. The second-order valence-corrected chi connectivity index (χ2v) is 7.05. The second kappa shape index (κ2) is 6.63.